The SMILES string of the molecule is C[Si](C)(C)c1ccc(-c2[c-]cccc2)nc1.[Ir].[c-]1ccc2c(oc3nc(-c4ccccc4)ccc32)c1-c1nc2ccccc2[nH]1. The largest absolute Gasteiger partial charge is 0.486 e. The Hall–Kier alpha value is -4.68. The minimum atomic E-state index is -1.23. The molecule has 0 saturated carbocycles. The van der Waals surface area contributed by atoms with Crippen molar-refractivity contribution in [3.63, 3.8) is 0 Å². The van der Waals surface area contributed by atoms with E-state index in [0.29, 0.717) is 5.71 Å². The van der Waals surface area contributed by atoms with E-state index in [4.69, 9.17) is 14.4 Å². The number of hydrogen-bond donors (Lipinski definition) is 1. The number of aromatic nitrogens is 4. The van der Waals surface area contributed by atoms with Gasteiger partial charge < -0.3 is 14.4 Å². The van der Waals surface area contributed by atoms with Crippen molar-refractivity contribution >= 4 is 46.4 Å². The van der Waals surface area contributed by atoms with Crippen molar-refractivity contribution in [1.29, 1.82) is 0 Å². The van der Waals surface area contributed by atoms with Gasteiger partial charge in [-0.3, -0.25) is 4.98 Å². The Bertz CT molecular complexity index is 2170. The Labute approximate surface area is 276 Å². The van der Waals surface area contributed by atoms with E-state index in [1.165, 1.54) is 5.19 Å². The Kier molecular flexibility index (Phi) is 8.59. The van der Waals surface area contributed by atoms with Crippen LogP contribution in [0.5, 0.6) is 0 Å². The molecule has 0 bridgehead atoms. The molecule has 1 radical (unpaired) electrons. The topological polar surface area (TPSA) is 67.6 Å². The number of para-hydroxylation sites is 2. The van der Waals surface area contributed by atoms with Gasteiger partial charge in [0.05, 0.1) is 36.2 Å². The predicted octanol–water partition coefficient (Wildman–Crippen LogP) is 9.08. The zero-order chi connectivity index (χ0) is 30.1. The molecule has 4 aromatic carbocycles. The average molecular weight is 779 g/mol. The molecular weight excluding hydrogens is 749 g/mol. The van der Waals surface area contributed by atoms with Crippen molar-refractivity contribution in [3.05, 3.63) is 134 Å². The van der Waals surface area contributed by atoms with E-state index < -0.39 is 8.07 Å². The minimum absolute atomic E-state index is 0. The third-order valence-corrected chi connectivity index (χ3v) is 9.64. The van der Waals surface area contributed by atoms with E-state index in [2.05, 4.69) is 59.9 Å². The van der Waals surface area contributed by atoms with Crippen LogP contribution in [-0.4, -0.2) is 28.0 Å². The Morgan fingerprint density at radius 1 is 0.689 bits per heavy atom. The first kappa shape index (κ1) is 30.3. The van der Waals surface area contributed by atoms with E-state index in [0.717, 1.165) is 61.3 Å². The van der Waals surface area contributed by atoms with E-state index in [9.17, 15) is 0 Å². The van der Waals surface area contributed by atoms with E-state index >= 15 is 0 Å². The molecule has 7 heteroatoms. The summed E-state index contributed by atoms with van der Waals surface area (Å²) in [6, 6.07) is 44.8. The molecule has 0 saturated heterocycles. The maximum Gasteiger partial charge on any atom is 0.216 e. The van der Waals surface area contributed by atoms with Gasteiger partial charge in [0.2, 0.25) is 5.71 Å². The van der Waals surface area contributed by atoms with Gasteiger partial charge in [0.1, 0.15) is 0 Å². The Balaban J connectivity index is 0.000000181. The molecule has 0 aliphatic carbocycles. The number of rotatable bonds is 4. The normalized spacial score (nSPS) is 11.3. The van der Waals surface area contributed by atoms with Crippen molar-refractivity contribution < 1.29 is 24.5 Å². The van der Waals surface area contributed by atoms with E-state index in [-0.39, 0.29) is 20.1 Å². The zero-order valence-corrected chi connectivity index (χ0v) is 28.5. The molecule has 0 aliphatic rings. The van der Waals surface area contributed by atoms with Crippen LogP contribution in [0.25, 0.3) is 67.0 Å². The van der Waals surface area contributed by atoms with Crippen molar-refractivity contribution in [3.8, 4) is 33.9 Å². The maximum atomic E-state index is 6.19. The van der Waals surface area contributed by atoms with Crippen LogP contribution in [-0.2, 0) is 20.1 Å². The maximum absolute atomic E-state index is 6.19. The fourth-order valence-electron chi connectivity index (χ4n) is 5.19. The van der Waals surface area contributed by atoms with Crippen molar-refractivity contribution in [2.75, 3.05) is 0 Å². The molecule has 0 spiro atoms. The van der Waals surface area contributed by atoms with Gasteiger partial charge in [0.15, 0.2) is 0 Å². The smallest absolute Gasteiger partial charge is 0.216 e. The molecule has 0 unspecified atom stereocenters. The van der Waals surface area contributed by atoms with Gasteiger partial charge in [-0.05, 0) is 35.1 Å². The summed E-state index contributed by atoms with van der Waals surface area (Å²) in [7, 11) is -1.23. The van der Waals surface area contributed by atoms with Crippen LogP contribution in [0.3, 0.4) is 0 Å². The van der Waals surface area contributed by atoms with Gasteiger partial charge in [-0.2, -0.15) is 0 Å². The minimum Gasteiger partial charge on any atom is -0.486 e. The van der Waals surface area contributed by atoms with Gasteiger partial charge in [0.25, 0.3) is 0 Å². The summed E-state index contributed by atoms with van der Waals surface area (Å²) in [6.07, 6.45) is 2.02. The van der Waals surface area contributed by atoms with Crippen molar-refractivity contribution in [1.82, 2.24) is 19.9 Å². The quantitative estimate of drug-likeness (QED) is 0.143. The van der Waals surface area contributed by atoms with Crippen LogP contribution in [0.15, 0.2) is 126 Å². The molecule has 0 aliphatic heterocycles. The zero-order valence-electron chi connectivity index (χ0n) is 25.1. The number of imidazole rings is 1. The summed E-state index contributed by atoms with van der Waals surface area (Å²) in [5.74, 6) is 0.745. The number of benzene rings is 4. The van der Waals surface area contributed by atoms with Gasteiger partial charge in [-0.15, -0.1) is 54.1 Å². The van der Waals surface area contributed by atoms with Crippen LogP contribution < -0.4 is 5.19 Å². The molecule has 0 fully saturated rings. The summed E-state index contributed by atoms with van der Waals surface area (Å²) in [5, 5.41) is 3.39. The fourth-order valence-corrected chi connectivity index (χ4v) is 6.22. The van der Waals surface area contributed by atoms with Gasteiger partial charge in [0, 0.05) is 37.3 Å². The second-order valence-electron chi connectivity index (χ2n) is 11.7. The van der Waals surface area contributed by atoms with Crippen LogP contribution in [0.2, 0.25) is 19.6 Å². The van der Waals surface area contributed by atoms with Crippen molar-refractivity contribution in [2.45, 2.75) is 19.6 Å². The summed E-state index contributed by atoms with van der Waals surface area (Å²) >= 11 is 0. The Morgan fingerprint density at radius 3 is 2.20 bits per heavy atom. The number of H-pyrrole nitrogens is 1. The number of nitrogens with one attached hydrogen (secondary N) is 1. The second kappa shape index (κ2) is 12.7. The van der Waals surface area contributed by atoms with E-state index in [1.54, 1.807) is 0 Å². The van der Waals surface area contributed by atoms with Crippen LogP contribution >= 0.6 is 0 Å². The number of aromatic amines is 1. The summed E-state index contributed by atoms with van der Waals surface area (Å²) in [4.78, 5) is 17.3. The first-order valence-electron chi connectivity index (χ1n) is 14.6. The molecule has 223 valence electrons. The molecule has 5 nitrogen and oxygen atoms in total. The summed E-state index contributed by atoms with van der Waals surface area (Å²) in [5.41, 5.74) is 8.10. The molecule has 1 N–H and O–H groups in total. The number of furan rings is 1. The van der Waals surface area contributed by atoms with Crippen molar-refractivity contribution in [2.24, 2.45) is 0 Å². The number of pyridine rings is 2. The first-order chi connectivity index (χ1) is 21.4. The summed E-state index contributed by atoms with van der Waals surface area (Å²) in [6.45, 7) is 7.00. The van der Waals surface area contributed by atoms with E-state index in [1.807, 2.05) is 103 Å². The standard InChI is InChI=1S/C24H14N3O.C14H16NSi.Ir/c1-2-7-15(8-3-1)19-14-13-17-16-9-6-10-18(22(16)28-24(17)27-19)23-25-20-11-4-5-12-21(20)26-23;1-16(2,3)13-9-10-14(15-11-13)12-7-5-4-6-8-12;/h1-9,11-14H,(H,25,26);4-7,9-11H,1-3H3;/q2*-1;. The molecule has 0 amide bonds. The third kappa shape index (κ3) is 6.29. The summed E-state index contributed by atoms with van der Waals surface area (Å²) < 4.78 is 6.19. The number of fused-ring (bicyclic) bond motifs is 4. The predicted molar refractivity (Wildman–Crippen MR) is 182 cm³/mol. The molecule has 0 atom stereocenters. The van der Waals surface area contributed by atoms with Crippen LogP contribution in [0, 0.1) is 12.1 Å². The molecule has 4 heterocycles. The first-order valence-corrected chi connectivity index (χ1v) is 18.1. The fraction of sp³-hybridized carbons (Fsp3) is 0.0789. The number of nitrogens with zero attached hydrogens (tertiary/aromatic N) is 3. The van der Waals surface area contributed by atoms with Gasteiger partial charge in [-0.1, -0.05) is 85.2 Å². The molecular formula is C38H30IrN4OSi-2. The molecule has 8 aromatic rings. The molecule has 45 heavy (non-hydrogen) atoms. The van der Waals surface area contributed by atoms with Gasteiger partial charge >= 0.3 is 0 Å². The van der Waals surface area contributed by atoms with Crippen LogP contribution in [0.4, 0.5) is 0 Å². The molecule has 8 rings (SSSR count). The monoisotopic (exact) mass is 779 g/mol. The molecule has 4 aromatic heterocycles. The average Bonchev–Trinajstić information content (AvgIpc) is 3.67. The van der Waals surface area contributed by atoms with Gasteiger partial charge in [-0.25, -0.2) is 4.98 Å². The third-order valence-electron chi connectivity index (χ3n) is 7.61. The van der Waals surface area contributed by atoms with Crippen LogP contribution in [0.1, 0.15) is 0 Å². The second-order valence-corrected chi connectivity index (χ2v) is 16.8. The Morgan fingerprint density at radius 2 is 1.47 bits per heavy atom. The number of hydrogen-bond acceptors (Lipinski definition) is 4.